The van der Waals surface area contributed by atoms with Crippen molar-refractivity contribution >= 4 is 15.9 Å². The van der Waals surface area contributed by atoms with E-state index in [-0.39, 0.29) is 5.82 Å². The van der Waals surface area contributed by atoms with Crippen LogP contribution in [0.2, 0.25) is 0 Å². The minimum atomic E-state index is -0.220. The monoisotopic (exact) mass is 314 g/mol. The predicted molar refractivity (Wildman–Crippen MR) is 74.9 cm³/mol. The topological polar surface area (TPSA) is 9.23 Å². The Bertz CT molecular complexity index is 394. The van der Waals surface area contributed by atoms with Crippen LogP contribution >= 0.6 is 15.9 Å². The van der Waals surface area contributed by atoms with Crippen molar-refractivity contribution in [1.82, 2.24) is 0 Å². The highest BCUT2D eigenvalue weighted by atomic mass is 79.9. The van der Waals surface area contributed by atoms with Crippen LogP contribution in [-0.4, -0.2) is 6.10 Å². The summed E-state index contributed by atoms with van der Waals surface area (Å²) in [5.41, 5.74) is 1.03. The van der Waals surface area contributed by atoms with E-state index in [9.17, 15) is 4.39 Å². The van der Waals surface area contributed by atoms with Gasteiger partial charge in [-0.25, -0.2) is 4.39 Å². The van der Waals surface area contributed by atoms with Crippen LogP contribution in [-0.2, 0) is 11.3 Å². The molecule has 1 aromatic carbocycles. The summed E-state index contributed by atoms with van der Waals surface area (Å²) < 4.78 is 19.7. The average Bonchev–Trinajstić information content (AvgIpc) is 2.40. The van der Waals surface area contributed by atoms with E-state index in [1.54, 1.807) is 12.1 Å². The van der Waals surface area contributed by atoms with Gasteiger partial charge in [0.1, 0.15) is 5.82 Å². The number of hydrogen-bond acceptors (Lipinski definition) is 1. The fourth-order valence-corrected chi connectivity index (χ4v) is 3.12. The van der Waals surface area contributed by atoms with E-state index in [0.29, 0.717) is 23.1 Å². The zero-order valence-corrected chi connectivity index (χ0v) is 12.4. The molecule has 1 nitrogen and oxygen atoms in total. The lowest BCUT2D eigenvalue weighted by Crippen LogP contribution is -2.27. The normalized spacial score (nSPS) is 24.2. The summed E-state index contributed by atoms with van der Waals surface area (Å²) in [4.78, 5) is 0. The van der Waals surface area contributed by atoms with Gasteiger partial charge in [0.2, 0.25) is 0 Å². The van der Waals surface area contributed by atoms with Gasteiger partial charge in [-0.3, -0.25) is 0 Å². The summed E-state index contributed by atoms with van der Waals surface area (Å²) in [5.74, 6) is 0.477. The third-order valence-electron chi connectivity index (χ3n) is 3.81. The van der Waals surface area contributed by atoms with Gasteiger partial charge in [-0.1, -0.05) is 32.3 Å². The molecule has 100 valence electrons. The van der Waals surface area contributed by atoms with Crippen molar-refractivity contribution in [2.75, 3.05) is 0 Å². The minimum absolute atomic E-state index is 0.220. The third kappa shape index (κ3) is 3.55. The van der Waals surface area contributed by atoms with Crippen LogP contribution in [0.25, 0.3) is 0 Å². The number of hydrogen-bond donors (Lipinski definition) is 0. The van der Waals surface area contributed by atoms with E-state index in [1.165, 1.54) is 38.2 Å². The van der Waals surface area contributed by atoms with Crippen LogP contribution in [0, 0.1) is 11.7 Å². The molecule has 0 bridgehead atoms. The Morgan fingerprint density at radius 1 is 1.33 bits per heavy atom. The van der Waals surface area contributed by atoms with Gasteiger partial charge in [0, 0.05) is 0 Å². The van der Waals surface area contributed by atoms with Gasteiger partial charge in [-0.2, -0.15) is 0 Å². The molecular formula is C15H20BrFO. The van der Waals surface area contributed by atoms with Crippen molar-refractivity contribution in [3.8, 4) is 0 Å². The van der Waals surface area contributed by atoms with E-state index in [4.69, 9.17) is 4.74 Å². The van der Waals surface area contributed by atoms with E-state index >= 15 is 0 Å². The van der Waals surface area contributed by atoms with Crippen LogP contribution in [0.3, 0.4) is 0 Å². The molecule has 0 spiro atoms. The molecule has 0 aliphatic heterocycles. The first kappa shape index (κ1) is 14.0. The summed E-state index contributed by atoms with van der Waals surface area (Å²) in [6.45, 7) is 2.82. The SMILES string of the molecule is CCC1CCCCC1OCc1ccc(F)c(Br)c1. The highest BCUT2D eigenvalue weighted by Crippen LogP contribution is 2.30. The molecule has 0 radical (unpaired) electrons. The Hall–Kier alpha value is -0.410. The maximum Gasteiger partial charge on any atom is 0.137 e. The molecule has 1 saturated carbocycles. The van der Waals surface area contributed by atoms with Gasteiger partial charge < -0.3 is 4.74 Å². The molecule has 2 rings (SSSR count). The molecule has 2 atom stereocenters. The van der Waals surface area contributed by atoms with Crippen LogP contribution in [0.15, 0.2) is 22.7 Å². The lowest BCUT2D eigenvalue weighted by atomic mass is 9.85. The zero-order valence-electron chi connectivity index (χ0n) is 10.8. The van der Waals surface area contributed by atoms with E-state index in [0.717, 1.165) is 5.56 Å². The summed E-state index contributed by atoms with van der Waals surface area (Å²) in [6, 6.07) is 5.09. The van der Waals surface area contributed by atoms with Crippen LogP contribution in [0.4, 0.5) is 4.39 Å². The summed E-state index contributed by atoms with van der Waals surface area (Å²) in [7, 11) is 0. The molecule has 3 heteroatoms. The highest BCUT2D eigenvalue weighted by molar-refractivity contribution is 9.10. The second-order valence-electron chi connectivity index (χ2n) is 5.05. The van der Waals surface area contributed by atoms with Crippen molar-refractivity contribution in [3.63, 3.8) is 0 Å². The standard InChI is InChI=1S/C15H20BrFO/c1-2-12-5-3-4-6-15(12)18-10-11-7-8-14(17)13(16)9-11/h7-9,12,15H,2-6,10H2,1H3. The van der Waals surface area contributed by atoms with Crippen molar-refractivity contribution in [2.24, 2.45) is 5.92 Å². The molecule has 1 aliphatic carbocycles. The maximum atomic E-state index is 13.1. The van der Waals surface area contributed by atoms with E-state index < -0.39 is 0 Å². The molecule has 0 N–H and O–H groups in total. The van der Waals surface area contributed by atoms with Gasteiger partial charge in [0.25, 0.3) is 0 Å². The Morgan fingerprint density at radius 3 is 2.83 bits per heavy atom. The molecule has 0 heterocycles. The second-order valence-corrected chi connectivity index (χ2v) is 5.91. The zero-order chi connectivity index (χ0) is 13.0. The van der Waals surface area contributed by atoms with Gasteiger partial charge in [0.05, 0.1) is 17.2 Å². The quantitative estimate of drug-likeness (QED) is 0.753. The fourth-order valence-electron chi connectivity index (χ4n) is 2.69. The minimum Gasteiger partial charge on any atom is -0.373 e. The molecule has 1 aliphatic rings. The van der Waals surface area contributed by atoms with Gasteiger partial charge in [-0.05, 0) is 52.4 Å². The largest absolute Gasteiger partial charge is 0.373 e. The first-order valence-corrected chi connectivity index (χ1v) is 7.55. The van der Waals surface area contributed by atoms with Crippen molar-refractivity contribution < 1.29 is 9.13 Å². The van der Waals surface area contributed by atoms with E-state index in [2.05, 4.69) is 22.9 Å². The van der Waals surface area contributed by atoms with Crippen molar-refractivity contribution in [2.45, 2.75) is 51.7 Å². The highest BCUT2D eigenvalue weighted by Gasteiger charge is 2.24. The Balaban J connectivity index is 1.91. The molecule has 1 fully saturated rings. The molecular weight excluding hydrogens is 295 g/mol. The fraction of sp³-hybridized carbons (Fsp3) is 0.600. The maximum absolute atomic E-state index is 13.1. The molecule has 18 heavy (non-hydrogen) atoms. The molecule has 2 unspecified atom stereocenters. The van der Waals surface area contributed by atoms with Crippen molar-refractivity contribution in [1.29, 1.82) is 0 Å². The smallest absolute Gasteiger partial charge is 0.137 e. The lowest BCUT2D eigenvalue weighted by molar-refractivity contribution is -0.0222. The first-order valence-electron chi connectivity index (χ1n) is 6.76. The Morgan fingerprint density at radius 2 is 2.11 bits per heavy atom. The van der Waals surface area contributed by atoms with Gasteiger partial charge >= 0.3 is 0 Å². The van der Waals surface area contributed by atoms with Gasteiger partial charge in [0.15, 0.2) is 0 Å². The molecule has 1 aromatic rings. The van der Waals surface area contributed by atoms with Crippen molar-refractivity contribution in [3.05, 3.63) is 34.1 Å². The van der Waals surface area contributed by atoms with Crippen LogP contribution in [0.5, 0.6) is 0 Å². The van der Waals surface area contributed by atoms with E-state index in [1.807, 2.05) is 0 Å². The van der Waals surface area contributed by atoms with Crippen LogP contribution in [0.1, 0.15) is 44.6 Å². The first-order chi connectivity index (χ1) is 8.70. The number of ether oxygens (including phenoxy) is 1. The molecule has 0 saturated heterocycles. The Kier molecular flexibility index (Phi) is 5.19. The molecule has 0 amide bonds. The summed E-state index contributed by atoms with van der Waals surface area (Å²) >= 11 is 3.21. The summed E-state index contributed by atoms with van der Waals surface area (Å²) in [6.07, 6.45) is 6.63. The van der Waals surface area contributed by atoms with Gasteiger partial charge in [-0.15, -0.1) is 0 Å². The summed E-state index contributed by atoms with van der Waals surface area (Å²) in [5, 5.41) is 0. The van der Waals surface area contributed by atoms with Crippen LogP contribution < -0.4 is 0 Å². The number of halogens is 2. The predicted octanol–water partition coefficient (Wildman–Crippen LogP) is 5.07. The third-order valence-corrected chi connectivity index (χ3v) is 4.42. The molecule has 0 aromatic heterocycles. The number of rotatable bonds is 4. The lowest BCUT2D eigenvalue weighted by Gasteiger charge is -2.30. The second kappa shape index (κ2) is 6.67. The Labute approximate surface area is 117 Å². The number of benzene rings is 1. The average molecular weight is 315 g/mol.